The standard InChI is InChI=1S/C64H42N2O2/c1-38(2)39-28-30-41(31-29-39)65(42-32-35-55-49(36-42)45-20-8-13-25-54(45)66(55)40-16-4-3-5-17-40)56-37-53-61(63-59(56)48-22-10-15-27-58(48)68-63)60-52(34-33-47-46-21-9-14-26-57(46)67-62(47)60)64(53)50-23-11-6-18-43(50)44-19-7-12-24-51(44)64/h3-38H,1-2H3. The Labute approximate surface area is 392 Å². The summed E-state index contributed by atoms with van der Waals surface area (Å²) in [4.78, 5) is 2.49. The molecule has 3 heterocycles. The first kappa shape index (κ1) is 37.6. The van der Waals surface area contributed by atoms with Crippen molar-refractivity contribution < 1.29 is 8.83 Å². The van der Waals surface area contributed by atoms with Crippen LogP contribution in [0.3, 0.4) is 0 Å². The van der Waals surface area contributed by atoms with Gasteiger partial charge in [-0.05, 0) is 112 Å². The summed E-state index contributed by atoms with van der Waals surface area (Å²) < 4.78 is 16.8. The summed E-state index contributed by atoms with van der Waals surface area (Å²) in [6.45, 7) is 4.52. The molecule has 10 aromatic carbocycles. The van der Waals surface area contributed by atoms with Crippen LogP contribution >= 0.6 is 0 Å². The molecule has 0 amide bonds. The highest BCUT2D eigenvalue weighted by Gasteiger charge is 2.54. The van der Waals surface area contributed by atoms with Crippen LogP contribution in [0, 0.1) is 0 Å². The molecule has 0 N–H and O–H groups in total. The topological polar surface area (TPSA) is 34.5 Å². The van der Waals surface area contributed by atoms with Gasteiger partial charge in [0.05, 0.1) is 27.5 Å². The molecule has 2 aliphatic rings. The number of rotatable bonds is 5. The van der Waals surface area contributed by atoms with Crippen LogP contribution in [0.1, 0.15) is 47.6 Å². The fourth-order valence-electron chi connectivity index (χ4n) is 12.3. The zero-order chi connectivity index (χ0) is 44.8. The average Bonchev–Trinajstić information content (AvgIpc) is 4.19. The first-order valence-electron chi connectivity index (χ1n) is 23.7. The lowest BCUT2D eigenvalue weighted by molar-refractivity contribution is 0.665. The SMILES string of the molecule is CC(C)c1ccc(N(c2ccc3c(c2)c2ccccc2n3-c2ccccc2)c2cc3c(c4oc5ccccc5c24)-c2c(ccc4c2oc2ccccc24)C32c3ccccc3-c3ccccc32)cc1. The Bertz CT molecular complexity index is 4200. The molecule has 0 saturated heterocycles. The summed E-state index contributed by atoms with van der Waals surface area (Å²) >= 11 is 0. The number of hydrogen-bond acceptors (Lipinski definition) is 3. The fourth-order valence-corrected chi connectivity index (χ4v) is 12.3. The van der Waals surface area contributed by atoms with Gasteiger partial charge < -0.3 is 18.3 Å². The van der Waals surface area contributed by atoms with Gasteiger partial charge in [-0.3, -0.25) is 0 Å². The van der Waals surface area contributed by atoms with E-state index in [-0.39, 0.29) is 0 Å². The predicted octanol–water partition coefficient (Wildman–Crippen LogP) is 17.5. The normalized spacial score (nSPS) is 13.4. The Kier molecular flexibility index (Phi) is 7.59. The Morgan fingerprint density at radius 2 is 1.01 bits per heavy atom. The number of aromatic nitrogens is 1. The van der Waals surface area contributed by atoms with Gasteiger partial charge in [0, 0.05) is 55.1 Å². The van der Waals surface area contributed by atoms with Crippen LogP contribution in [-0.2, 0) is 5.41 Å². The molecule has 0 atom stereocenters. The molecule has 3 aromatic heterocycles. The molecule has 0 radical (unpaired) electrons. The highest BCUT2D eigenvalue weighted by atomic mass is 16.3. The lowest BCUT2D eigenvalue weighted by atomic mass is 9.70. The van der Waals surface area contributed by atoms with Crippen LogP contribution < -0.4 is 4.90 Å². The van der Waals surface area contributed by atoms with Crippen LogP contribution in [0.15, 0.2) is 221 Å². The second-order valence-corrected chi connectivity index (χ2v) is 18.9. The van der Waals surface area contributed by atoms with E-state index in [9.17, 15) is 0 Å². The maximum atomic E-state index is 7.38. The molecular weight excluding hydrogens is 829 g/mol. The van der Waals surface area contributed by atoms with E-state index in [1.807, 2.05) is 0 Å². The van der Waals surface area contributed by atoms with E-state index >= 15 is 0 Å². The highest BCUT2D eigenvalue weighted by molar-refractivity contribution is 6.23. The van der Waals surface area contributed by atoms with Crippen LogP contribution in [0.4, 0.5) is 17.1 Å². The Hall–Kier alpha value is -8.60. The summed E-state index contributed by atoms with van der Waals surface area (Å²) in [6, 6.07) is 77.9. The van der Waals surface area contributed by atoms with Gasteiger partial charge in [0.25, 0.3) is 0 Å². The summed E-state index contributed by atoms with van der Waals surface area (Å²) in [5.74, 6) is 0.387. The Morgan fingerprint density at radius 3 is 1.76 bits per heavy atom. The molecule has 15 rings (SSSR count). The molecule has 0 saturated carbocycles. The van der Waals surface area contributed by atoms with Crippen molar-refractivity contribution in [2.75, 3.05) is 4.90 Å². The van der Waals surface area contributed by atoms with Gasteiger partial charge in [-0.1, -0.05) is 159 Å². The number of nitrogens with zero attached hydrogens (tertiary/aromatic N) is 2. The minimum atomic E-state index is -0.673. The smallest absolute Gasteiger partial charge is 0.145 e. The quantitative estimate of drug-likeness (QED) is 0.173. The van der Waals surface area contributed by atoms with Crippen molar-refractivity contribution in [2.45, 2.75) is 25.2 Å². The van der Waals surface area contributed by atoms with E-state index in [1.54, 1.807) is 0 Å². The second-order valence-electron chi connectivity index (χ2n) is 18.9. The molecule has 0 aliphatic heterocycles. The maximum Gasteiger partial charge on any atom is 0.145 e. The molecule has 320 valence electrons. The van der Waals surface area contributed by atoms with Gasteiger partial charge >= 0.3 is 0 Å². The molecule has 0 fully saturated rings. The zero-order valence-corrected chi connectivity index (χ0v) is 37.5. The molecular formula is C64H42N2O2. The monoisotopic (exact) mass is 870 g/mol. The van der Waals surface area contributed by atoms with Crippen molar-refractivity contribution in [2.24, 2.45) is 0 Å². The van der Waals surface area contributed by atoms with E-state index < -0.39 is 5.41 Å². The zero-order valence-electron chi connectivity index (χ0n) is 37.5. The van der Waals surface area contributed by atoms with E-state index in [0.717, 1.165) is 83.3 Å². The average molecular weight is 871 g/mol. The van der Waals surface area contributed by atoms with E-state index in [4.69, 9.17) is 8.83 Å². The van der Waals surface area contributed by atoms with E-state index in [0.29, 0.717) is 5.92 Å². The van der Waals surface area contributed by atoms with Gasteiger partial charge in [0.1, 0.15) is 22.3 Å². The van der Waals surface area contributed by atoms with Gasteiger partial charge in [-0.2, -0.15) is 0 Å². The molecule has 13 aromatic rings. The van der Waals surface area contributed by atoms with Gasteiger partial charge in [-0.15, -0.1) is 0 Å². The third kappa shape index (κ3) is 4.83. The molecule has 0 bridgehead atoms. The third-order valence-corrected chi connectivity index (χ3v) is 15.2. The Morgan fingerprint density at radius 1 is 0.426 bits per heavy atom. The number of fused-ring (bicyclic) bond motifs is 21. The molecule has 4 nitrogen and oxygen atoms in total. The van der Waals surface area contributed by atoms with Crippen molar-refractivity contribution in [3.63, 3.8) is 0 Å². The molecule has 2 aliphatic carbocycles. The lowest BCUT2D eigenvalue weighted by Crippen LogP contribution is -2.26. The maximum absolute atomic E-state index is 7.38. The second kappa shape index (κ2) is 13.7. The number of hydrogen-bond donors (Lipinski definition) is 0. The van der Waals surface area contributed by atoms with Crippen molar-refractivity contribution in [3.8, 4) is 27.9 Å². The summed E-state index contributed by atoms with van der Waals surface area (Å²) in [7, 11) is 0. The minimum Gasteiger partial charge on any atom is -0.455 e. The van der Waals surface area contributed by atoms with Gasteiger partial charge in [0.2, 0.25) is 0 Å². The predicted molar refractivity (Wildman–Crippen MR) is 280 cm³/mol. The van der Waals surface area contributed by atoms with Crippen molar-refractivity contribution in [3.05, 3.63) is 240 Å². The number of furan rings is 2. The number of anilines is 3. The largest absolute Gasteiger partial charge is 0.455 e. The minimum absolute atomic E-state index is 0.387. The van der Waals surface area contributed by atoms with Crippen LogP contribution in [0.25, 0.3) is 93.6 Å². The molecule has 0 unspecified atom stereocenters. The summed E-state index contributed by atoms with van der Waals surface area (Å²) in [5.41, 5.74) is 20.4. The van der Waals surface area contributed by atoms with E-state index in [1.165, 1.54) is 55.2 Å². The van der Waals surface area contributed by atoms with E-state index in [2.05, 4.69) is 236 Å². The third-order valence-electron chi connectivity index (χ3n) is 15.2. The number of benzene rings is 10. The van der Waals surface area contributed by atoms with Crippen molar-refractivity contribution >= 4 is 82.7 Å². The van der Waals surface area contributed by atoms with Crippen LogP contribution in [-0.4, -0.2) is 4.57 Å². The fraction of sp³-hybridized carbons (Fsp3) is 0.0625. The summed E-state index contributed by atoms with van der Waals surface area (Å²) in [6.07, 6.45) is 0. The highest BCUT2D eigenvalue weighted by Crippen LogP contribution is 2.67. The van der Waals surface area contributed by atoms with Gasteiger partial charge in [0.15, 0.2) is 0 Å². The van der Waals surface area contributed by atoms with Gasteiger partial charge in [-0.25, -0.2) is 0 Å². The van der Waals surface area contributed by atoms with Crippen LogP contribution in [0.2, 0.25) is 0 Å². The van der Waals surface area contributed by atoms with Crippen molar-refractivity contribution in [1.82, 2.24) is 4.57 Å². The van der Waals surface area contributed by atoms with Crippen LogP contribution in [0.5, 0.6) is 0 Å². The first-order valence-corrected chi connectivity index (χ1v) is 23.7. The summed E-state index contributed by atoms with van der Waals surface area (Å²) in [5, 5.41) is 6.74. The number of para-hydroxylation sites is 4. The lowest BCUT2D eigenvalue weighted by Gasteiger charge is -2.32. The van der Waals surface area contributed by atoms with Crippen molar-refractivity contribution in [1.29, 1.82) is 0 Å². The molecule has 68 heavy (non-hydrogen) atoms. The molecule has 1 spiro atoms. The molecule has 4 heteroatoms. The first-order chi connectivity index (χ1) is 33.6. The Balaban J connectivity index is 1.11.